The van der Waals surface area contributed by atoms with E-state index in [-0.39, 0.29) is 12.8 Å². The van der Waals surface area contributed by atoms with Gasteiger partial charge in [-0.2, -0.15) is 0 Å². The summed E-state index contributed by atoms with van der Waals surface area (Å²) in [5, 5.41) is 10.8. The molecule has 0 radical (unpaired) electrons. The predicted molar refractivity (Wildman–Crippen MR) is 57.2 cm³/mol. The highest BCUT2D eigenvalue weighted by Crippen LogP contribution is 1.93. The van der Waals surface area contributed by atoms with Gasteiger partial charge in [0.15, 0.2) is 0 Å². The van der Waals surface area contributed by atoms with E-state index < -0.39 is 17.7 Å². The van der Waals surface area contributed by atoms with Crippen LogP contribution < -0.4 is 5.32 Å². The lowest BCUT2D eigenvalue weighted by molar-refractivity contribution is -0.141. The van der Waals surface area contributed by atoms with E-state index in [0.29, 0.717) is 13.0 Å². The molecule has 7 nitrogen and oxygen atoms in total. The molecule has 0 aromatic carbocycles. The monoisotopic (exact) mass is 239 g/mol. The zero-order valence-corrected chi connectivity index (χ0v) is 9.10. The number of hydrogen-bond acceptors (Lipinski definition) is 4. The number of hydrogen-bond donors (Lipinski definition) is 3. The number of amides is 1. The van der Waals surface area contributed by atoms with E-state index in [0.717, 1.165) is 5.69 Å². The maximum Gasteiger partial charge on any atom is 0.303 e. The molecule has 1 amide bonds. The number of carbonyl (C=O) groups is 3. The summed E-state index contributed by atoms with van der Waals surface area (Å²) in [5.74, 6) is -2.55. The van der Waals surface area contributed by atoms with Crippen molar-refractivity contribution in [3.8, 4) is 0 Å². The highest BCUT2D eigenvalue weighted by molar-refractivity contribution is 6.36. The molecule has 0 aliphatic heterocycles. The third kappa shape index (κ3) is 4.92. The fraction of sp³-hybridized carbons (Fsp3) is 0.400. The molecule has 1 aromatic heterocycles. The largest absolute Gasteiger partial charge is 0.481 e. The van der Waals surface area contributed by atoms with Crippen molar-refractivity contribution in [1.82, 2.24) is 15.3 Å². The fourth-order valence-electron chi connectivity index (χ4n) is 1.16. The van der Waals surface area contributed by atoms with Gasteiger partial charge in [0.2, 0.25) is 5.78 Å². The number of rotatable bonds is 7. The summed E-state index contributed by atoms with van der Waals surface area (Å²) in [7, 11) is 0. The van der Waals surface area contributed by atoms with Gasteiger partial charge in [0.25, 0.3) is 5.91 Å². The second kappa shape index (κ2) is 6.41. The van der Waals surface area contributed by atoms with E-state index >= 15 is 0 Å². The summed E-state index contributed by atoms with van der Waals surface area (Å²) in [4.78, 5) is 39.2. The zero-order valence-electron chi connectivity index (χ0n) is 9.10. The molecule has 0 aliphatic rings. The van der Waals surface area contributed by atoms with Gasteiger partial charge in [-0.05, 0) is 0 Å². The van der Waals surface area contributed by atoms with Gasteiger partial charge >= 0.3 is 5.97 Å². The quantitative estimate of drug-likeness (QED) is 0.555. The van der Waals surface area contributed by atoms with E-state index in [1.807, 2.05) is 0 Å². The van der Waals surface area contributed by atoms with Crippen LogP contribution in [0.5, 0.6) is 0 Å². The number of Topliss-reactive ketones (excluding diaryl/α,β-unsaturated/α-hetero) is 1. The average Bonchev–Trinajstić information content (AvgIpc) is 2.78. The van der Waals surface area contributed by atoms with E-state index in [9.17, 15) is 14.4 Å². The summed E-state index contributed by atoms with van der Waals surface area (Å²) >= 11 is 0. The lowest BCUT2D eigenvalue weighted by Crippen LogP contribution is -2.32. The third-order valence-corrected chi connectivity index (χ3v) is 2.05. The Kier molecular flexibility index (Phi) is 4.86. The molecule has 17 heavy (non-hydrogen) atoms. The Morgan fingerprint density at radius 3 is 2.71 bits per heavy atom. The molecule has 1 aromatic rings. The minimum absolute atomic E-state index is 0.273. The summed E-state index contributed by atoms with van der Waals surface area (Å²) in [6.45, 7) is 0.305. The van der Waals surface area contributed by atoms with Crippen molar-refractivity contribution in [2.24, 2.45) is 0 Å². The predicted octanol–water partition coefficient (Wildman–Crippen LogP) is -0.498. The summed E-state index contributed by atoms with van der Waals surface area (Å²) in [6, 6.07) is 0. The van der Waals surface area contributed by atoms with Crippen LogP contribution >= 0.6 is 0 Å². The Bertz CT molecular complexity index is 400. The normalized spacial score (nSPS) is 9.88. The zero-order chi connectivity index (χ0) is 12.7. The van der Waals surface area contributed by atoms with E-state index in [2.05, 4.69) is 15.3 Å². The molecule has 0 bridgehead atoms. The molecule has 0 spiro atoms. The number of carbonyl (C=O) groups excluding carboxylic acids is 2. The van der Waals surface area contributed by atoms with Crippen molar-refractivity contribution in [2.75, 3.05) is 6.54 Å². The van der Waals surface area contributed by atoms with Crippen molar-refractivity contribution >= 4 is 17.7 Å². The second-order valence-electron chi connectivity index (χ2n) is 3.40. The SMILES string of the molecule is O=C(O)CCC(=O)C(=O)NCCc1cnc[nH]1. The number of aliphatic carboxylic acids is 1. The minimum Gasteiger partial charge on any atom is -0.481 e. The number of aromatic amines is 1. The van der Waals surface area contributed by atoms with Crippen molar-refractivity contribution in [3.63, 3.8) is 0 Å². The highest BCUT2D eigenvalue weighted by Gasteiger charge is 2.14. The molecular weight excluding hydrogens is 226 g/mol. The molecule has 1 heterocycles. The molecule has 92 valence electrons. The molecule has 1 rings (SSSR count). The van der Waals surface area contributed by atoms with Crippen LogP contribution in [0.2, 0.25) is 0 Å². The third-order valence-electron chi connectivity index (χ3n) is 2.05. The van der Waals surface area contributed by atoms with Gasteiger partial charge in [-0.1, -0.05) is 0 Å². The van der Waals surface area contributed by atoms with Gasteiger partial charge in [0, 0.05) is 31.3 Å². The smallest absolute Gasteiger partial charge is 0.303 e. The van der Waals surface area contributed by atoms with Crippen molar-refractivity contribution < 1.29 is 19.5 Å². The number of carboxylic acid groups (broad SMARTS) is 1. The first kappa shape index (κ1) is 12.9. The molecule has 0 saturated carbocycles. The molecule has 0 atom stereocenters. The van der Waals surface area contributed by atoms with E-state index in [1.165, 1.54) is 6.33 Å². The van der Waals surface area contributed by atoms with Gasteiger partial charge in [-0.3, -0.25) is 14.4 Å². The molecular formula is C10H13N3O4. The van der Waals surface area contributed by atoms with Crippen molar-refractivity contribution in [2.45, 2.75) is 19.3 Å². The lowest BCUT2D eigenvalue weighted by atomic mass is 10.2. The Morgan fingerprint density at radius 2 is 2.12 bits per heavy atom. The van der Waals surface area contributed by atoms with Crippen LogP contribution in [0.25, 0.3) is 0 Å². The van der Waals surface area contributed by atoms with Crippen LogP contribution in [-0.4, -0.2) is 39.3 Å². The Labute approximate surface area is 97.2 Å². The Balaban J connectivity index is 2.20. The van der Waals surface area contributed by atoms with Gasteiger partial charge < -0.3 is 15.4 Å². The average molecular weight is 239 g/mol. The first-order valence-corrected chi connectivity index (χ1v) is 5.09. The lowest BCUT2D eigenvalue weighted by Gasteiger charge is -2.02. The molecule has 7 heteroatoms. The van der Waals surface area contributed by atoms with Crippen LogP contribution in [0.1, 0.15) is 18.5 Å². The van der Waals surface area contributed by atoms with Crippen LogP contribution in [-0.2, 0) is 20.8 Å². The van der Waals surface area contributed by atoms with Crippen LogP contribution in [0, 0.1) is 0 Å². The number of ketones is 1. The Morgan fingerprint density at radius 1 is 1.35 bits per heavy atom. The Hall–Kier alpha value is -2.18. The number of H-pyrrole nitrogens is 1. The number of aromatic nitrogens is 2. The minimum atomic E-state index is -1.09. The fourth-order valence-corrected chi connectivity index (χ4v) is 1.16. The number of nitrogens with one attached hydrogen (secondary N) is 2. The van der Waals surface area contributed by atoms with Crippen LogP contribution in [0.15, 0.2) is 12.5 Å². The molecule has 0 fully saturated rings. The standard InChI is InChI=1S/C10H13N3O4/c14-8(1-2-9(15)16)10(17)12-4-3-7-5-11-6-13-7/h5-6H,1-4H2,(H,11,13)(H,12,17)(H,15,16). The number of imidazole rings is 1. The first-order chi connectivity index (χ1) is 8.09. The molecule has 0 unspecified atom stereocenters. The first-order valence-electron chi connectivity index (χ1n) is 5.09. The van der Waals surface area contributed by atoms with E-state index in [4.69, 9.17) is 5.11 Å². The summed E-state index contributed by atoms with van der Waals surface area (Å²) in [6.07, 6.45) is 3.09. The molecule has 0 saturated heterocycles. The van der Waals surface area contributed by atoms with Crippen molar-refractivity contribution in [1.29, 1.82) is 0 Å². The van der Waals surface area contributed by atoms with Crippen LogP contribution in [0.4, 0.5) is 0 Å². The van der Waals surface area contributed by atoms with Gasteiger partial charge in [0.1, 0.15) is 0 Å². The van der Waals surface area contributed by atoms with Gasteiger partial charge in [-0.15, -0.1) is 0 Å². The van der Waals surface area contributed by atoms with Gasteiger partial charge in [0.05, 0.1) is 12.7 Å². The van der Waals surface area contributed by atoms with E-state index in [1.54, 1.807) is 6.20 Å². The maximum absolute atomic E-state index is 11.2. The topological polar surface area (TPSA) is 112 Å². The summed E-state index contributed by atoms with van der Waals surface area (Å²) in [5.41, 5.74) is 0.850. The second-order valence-corrected chi connectivity index (χ2v) is 3.40. The highest BCUT2D eigenvalue weighted by atomic mass is 16.4. The number of nitrogens with zero attached hydrogens (tertiary/aromatic N) is 1. The molecule has 0 aliphatic carbocycles. The maximum atomic E-state index is 11.2. The van der Waals surface area contributed by atoms with Crippen LogP contribution in [0.3, 0.4) is 0 Å². The van der Waals surface area contributed by atoms with Gasteiger partial charge in [-0.25, -0.2) is 4.98 Å². The number of carboxylic acids is 1. The van der Waals surface area contributed by atoms with Crippen molar-refractivity contribution in [3.05, 3.63) is 18.2 Å². The molecule has 3 N–H and O–H groups in total. The summed E-state index contributed by atoms with van der Waals surface area (Å²) < 4.78 is 0.